The molecule has 0 aromatic carbocycles. The summed E-state index contributed by atoms with van der Waals surface area (Å²) in [5.41, 5.74) is 0. The molecule has 0 fully saturated rings. The lowest BCUT2D eigenvalue weighted by atomic mass is 10.6. The molecule has 0 saturated carbocycles. The van der Waals surface area contributed by atoms with Gasteiger partial charge in [0, 0.05) is 11.5 Å². The number of aromatic nitrogens is 6. The normalized spacial score (nSPS) is 11.2. The molecule has 0 radical (unpaired) electrons. The van der Waals surface area contributed by atoms with Crippen LogP contribution in [0.1, 0.15) is 0 Å². The zero-order valence-electron chi connectivity index (χ0n) is 8.33. The molecule has 0 aliphatic carbocycles. The highest BCUT2D eigenvalue weighted by Crippen LogP contribution is 2.12. The van der Waals surface area contributed by atoms with Gasteiger partial charge in [-0.25, -0.2) is 9.97 Å². The van der Waals surface area contributed by atoms with Crippen molar-refractivity contribution in [2.45, 2.75) is 10.3 Å². The fourth-order valence-corrected chi connectivity index (χ4v) is 2.18. The molecule has 0 aliphatic rings. The number of H-pyrrole nitrogens is 2. The van der Waals surface area contributed by atoms with E-state index in [0.717, 1.165) is 21.8 Å². The molecule has 2 aromatic heterocycles. The lowest BCUT2D eigenvalue weighted by Crippen LogP contribution is -1.79. The quantitative estimate of drug-likeness (QED) is 0.598. The van der Waals surface area contributed by atoms with Crippen molar-refractivity contribution in [1.82, 2.24) is 30.4 Å². The minimum atomic E-state index is 0.840. The zero-order valence-corrected chi connectivity index (χ0v) is 9.96. The zero-order chi connectivity index (χ0) is 11.1. The molecule has 0 amide bonds. The number of hydrogen-bond donors (Lipinski definition) is 2. The van der Waals surface area contributed by atoms with Gasteiger partial charge < -0.3 is 0 Å². The van der Waals surface area contributed by atoms with Crippen molar-refractivity contribution in [3.05, 3.63) is 24.8 Å². The summed E-state index contributed by atoms with van der Waals surface area (Å²) in [5, 5.41) is 14.8. The van der Waals surface area contributed by atoms with Crippen LogP contribution in [0.3, 0.4) is 0 Å². The number of hydrogen-bond acceptors (Lipinski definition) is 6. The molecule has 2 rings (SSSR count). The summed E-state index contributed by atoms with van der Waals surface area (Å²) in [7, 11) is 0. The summed E-state index contributed by atoms with van der Waals surface area (Å²) < 4.78 is 0. The molecular weight excluding hydrogens is 244 g/mol. The molecule has 0 bridgehead atoms. The average Bonchev–Trinajstić information content (AvgIpc) is 2.96. The van der Waals surface area contributed by atoms with Crippen molar-refractivity contribution >= 4 is 23.5 Å². The van der Waals surface area contributed by atoms with Crippen molar-refractivity contribution in [2.24, 2.45) is 0 Å². The first kappa shape index (κ1) is 11.2. The molecule has 6 nitrogen and oxygen atoms in total. The minimum absolute atomic E-state index is 0.840. The second-order valence-electron chi connectivity index (χ2n) is 2.67. The van der Waals surface area contributed by atoms with E-state index in [9.17, 15) is 0 Å². The van der Waals surface area contributed by atoms with Crippen LogP contribution in [0.15, 0.2) is 35.1 Å². The van der Waals surface area contributed by atoms with E-state index in [0.29, 0.717) is 0 Å². The molecule has 0 spiro atoms. The Morgan fingerprint density at radius 3 is 1.81 bits per heavy atom. The van der Waals surface area contributed by atoms with Crippen LogP contribution in [0.2, 0.25) is 0 Å². The van der Waals surface area contributed by atoms with Crippen molar-refractivity contribution in [3.63, 3.8) is 0 Å². The van der Waals surface area contributed by atoms with Gasteiger partial charge in [0.1, 0.15) is 12.7 Å². The molecule has 84 valence electrons. The number of aromatic amines is 2. The van der Waals surface area contributed by atoms with E-state index in [4.69, 9.17) is 0 Å². The standard InChI is InChI=1S/C8H10N6S2/c1(3-15-7-9-5-11-13-7)2-4-16-8-10-6-12-14-8/h1-2,5-6H,3-4H2,(H,9,11,13)(H,10,12,14). The SMILES string of the molecule is C(=CCSc1ncn[nH]1)CSc1ncn[nH]1. The monoisotopic (exact) mass is 254 g/mol. The third kappa shape index (κ3) is 3.70. The van der Waals surface area contributed by atoms with Crippen molar-refractivity contribution in [2.75, 3.05) is 11.5 Å². The van der Waals surface area contributed by atoms with Gasteiger partial charge >= 0.3 is 0 Å². The van der Waals surface area contributed by atoms with E-state index in [1.54, 1.807) is 23.5 Å². The lowest BCUT2D eigenvalue weighted by molar-refractivity contribution is 0.974. The summed E-state index contributed by atoms with van der Waals surface area (Å²) in [5.74, 6) is 1.76. The van der Waals surface area contributed by atoms with Crippen molar-refractivity contribution < 1.29 is 0 Å². The molecular formula is C8H10N6S2. The predicted molar refractivity (Wildman–Crippen MR) is 63.4 cm³/mol. The fourth-order valence-electron chi connectivity index (χ4n) is 0.918. The maximum absolute atomic E-state index is 4.01. The van der Waals surface area contributed by atoms with Gasteiger partial charge in [0.25, 0.3) is 0 Å². The van der Waals surface area contributed by atoms with E-state index in [2.05, 4.69) is 42.5 Å². The maximum atomic E-state index is 4.01. The van der Waals surface area contributed by atoms with Gasteiger partial charge in [-0.15, -0.1) is 0 Å². The first-order chi connectivity index (χ1) is 7.95. The van der Waals surface area contributed by atoms with E-state index in [1.807, 2.05) is 0 Å². The van der Waals surface area contributed by atoms with Gasteiger partial charge in [-0.2, -0.15) is 10.2 Å². The van der Waals surface area contributed by atoms with Crippen LogP contribution in [0.25, 0.3) is 0 Å². The van der Waals surface area contributed by atoms with Crippen LogP contribution in [-0.4, -0.2) is 41.9 Å². The molecule has 0 atom stereocenters. The number of rotatable bonds is 6. The lowest BCUT2D eigenvalue weighted by Gasteiger charge is -1.91. The van der Waals surface area contributed by atoms with E-state index < -0.39 is 0 Å². The minimum Gasteiger partial charge on any atom is -0.254 e. The number of thioether (sulfide) groups is 2. The van der Waals surface area contributed by atoms with Gasteiger partial charge in [-0.05, 0) is 0 Å². The van der Waals surface area contributed by atoms with Crippen LogP contribution < -0.4 is 0 Å². The molecule has 0 saturated heterocycles. The Morgan fingerprint density at radius 1 is 0.938 bits per heavy atom. The summed E-state index contributed by atoms with van der Waals surface area (Å²) in [4.78, 5) is 8.02. The first-order valence-corrected chi connectivity index (χ1v) is 6.53. The molecule has 2 heterocycles. The molecule has 0 aliphatic heterocycles. The highest BCUT2D eigenvalue weighted by atomic mass is 32.2. The Kier molecular flexibility index (Phi) is 4.44. The predicted octanol–water partition coefficient (Wildman–Crippen LogP) is 1.36. The number of nitrogens with one attached hydrogen (secondary N) is 2. The third-order valence-electron chi connectivity index (χ3n) is 1.59. The third-order valence-corrected chi connectivity index (χ3v) is 3.24. The van der Waals surface area contributed by atoms with Gasteiger partial charge in [-0.3, -0.25) is 10.2 Å². The largest absolute Gasteiger partial charge is 0.254 e. The molecule has 2 N–H and O–H groups in total. The summed E-state index contributed by atoms with van der Waals surface area (Å²) in [6.45, 7) is 0. The first-order valence-electron chi connectivity index (χ1n) is 4.56. The van der Waals surface area contributed by atoms with Gasteiger partial charge in [0.05, 0.1) is 0 Å². The van der Waals surface area contributed by atoms with Crippen LogP contribution in [-0.2, 0) is 0 Å². The molecule has 0 unspecified atom stereocenters. The molecule has 8 heteroatoms. The Hall–Kier alpha value is -1.28. The second-order valence-corrected chi connectivity index (χ2v) is 4.69. The molecule has 16 heavy (non-hydrogen) atoms. The Bertz CT molecular complexity index is 369. The maximum Gasteiger partial charge on any atom is 0.183 e. The smallest absolute Gasteiger partial charge is 0.183 e. The van der Waals surface area contributed by atoms with E-state index in [1.165, 1.54) is 12.7 Å². The highest BCUT2D eigenvalue weighted by molar-refractivity contribution is 7.99. The van der Waals surface area contributed by atoms with Crippen LogP contribution in [0, 0.1) is 0 Å². The second kappa shape index (κ2) is 6.33. The van der Waals surface area contributed by atoms with E-state index >= 15 is 0 Å². The van der Waals surface area contributed by atoms with Gasteiger partial charge in [0.2, 0.25) is 0 Å². The Labute approximate surface area is 101 Å². The van der Waals surface area contributed by atoms with Crippen LogP contribution in [0.4, 0.5) is 0 Å². The Morgan fingerprint density at radius 2 is 1.44 bits per heavy atom. The highest BCUT2D eigenvalue weighted by Gasteiger charge is 1.94. The van der Waals surface area contributed by atoms with Gasteiger partial charge in [0.15, 0.2) is 10.3 Å². The van der Waals surface area contributed by atoms with Crippen LogP contribution in [0.5, 0.6) is 0 Å². The summed E-state index contributed by atoms with van der Waals surface area (Å²) in [6.07, 6.45) is 7.20. The fraction of sp³-hybridized carbons (Fsp3) is 0.250. The number of nitrogens with zero attached hydrogens (tertiary/aromatic N) is 4. The summed E-state index contributed by atoms with van der Waals surface area (Å²) in [6, 6.07) is 0. The topological polar surface area (TPSA) is 83.1 Å². The average molecular weight is 254 g/mol. The van der Waals surface area contributed by atoms with E-state index in [-0.39, 0.29) is 0 Å². The molecule has 2 aromatic rings. The Balaban J connectivity index is 1.59. The van der Waals surface area contributed by atoms with Crippen molar-refractivity contribution in [3.8, 4) is 0 Å². The summed E-state index contributed by atoms with van der Waals surface area (Å²) >= 11 is 3.23. The van der Waals surface area contributed by atoms with Gasteiger partial charge in [-0.1, -0.05) is 35.7 Å². The van der Waals surface area contributed by atoms with Crippen LogP contribution >= 0.6 is 23.5 Å². The van der Waals surface area contributed by atoms with Crippen molar-refractivity contribution in [1.29, 1.82) is 0 Å².